The minimum Gasteiger partial charge on any atom is -0.462 e. The van der Waals surface area contributed by atoms with Crippen LogP contribution in [0.1, 0.15) is 374 Å². The van der Waals surface area contributed by atoms with Gasteiger partial charge in [0.15, 0.2) is 6.10 Å². The van der Waals surface area contributed by atoms with Gasteiger partial charge in [0.25, 0.3) is 0 Å². The first-order chi connectivity index (χ1) is 37.5. The lowest BCUT2D eigenvalue weighted by atomic mass is 10.0. The largest absolute Gasteiger partial charge is 0.462 e. The Morgan fingerprint density at radius 3 is 0.803 bits per heavy atom. The predicted octanol–water partition coefficient (Wildman–Crippen LogP) is 23.2. The van der Waals surface area contributed by atoms with Gasteiger partial charge in [0.1, 0.15) is 13.2 Å². The van der Waals surface area contributed by atoms with Crippen LogP contribution in [0.5, 0.6) is 0 Å². The molecule has 0 heterocycles. The normalized spacial score (nSPS) is 12.2. The van der Waals surface area contributed by atoms with E-state index in [9.17, 15) is 14.4 Å². The number of carbonyl (C=O) groups is 3. The van der Waals surface area contributed by atoms with E-state index in [4.69, 9.17) is 14.2 Å². The number of unbranched alkanes of at least 4 members (excludes halogenated alkanes) is 46. The van der Waals surface area contributed by atoms with Gasteiger partial charge in [0, 0.05) is 19.3 Å². The second kappa shape index (κ2) is 65.2. The molecule has 1 atom stereocenters. The zero-order valence-corrected chi connectivity index (χ0v) is 51.3. The van der Waals surface area contributed by atoms with Crippen LogP contribution in [0.2, 0.25) is 0 Å². The molecule has 1 unspecified atom stereocenters. The van der Waals surface area contributed by atoms with Crippen LogP contribution in [0.4, 0.5) is 0 Å². The van der Waals surface area contributed by atoms with Crippen LogP contribution in [0.25, 0.3) is 0 Å². The van der Waals surface area contributed by atoms with E-state index in [0.717, 1.165) is 83.5 Å². The molecule has 0 aliphatic carbocycles. The van der Waals surface area contributed by atoms with Gasteiger partial charge < -0.3 is 14.2 Å². The molecule has 0 aromatic carbocycles. The molecule has 0 bridgehead atoms. The van der Waals surface area contributed by atoms with E-state index in [0.29, 0.717) is 19.3 Å². The molecular formula is C70H130O6. The Labute approximate surface area is 474 Å². The van der Waals surface area contributed by atoms with Gasteiger partial charge in [0.2, 0.25) is 0 Å². The van der Waals surface area contributed by atoms with E-state index in [-0.39, 0.29) is 31.1 Å². The van der Waals surface area contributed by atoms with Gasteiger partial charge in [-0.05, 0) is 51.4 Å². The highest BCUT2D eigenvalue weighted by Gasteiger charge is 2.19. The van der Waals surface area contributed by atoms with Crippen molar-refractivity contribution in [1.29, 1.82) is 0 Å². The van der Waals surface area contributed by atoms with Crippen molar-refractivity contribution in [3.8, 4) is 0 Å². The zero-order valence-electron chi connectivity index (χ0n) is 51.3. The Morgan fingerprint density at radius 1 is 0.276 bits per heavy atom. The monoisotopic (exact) mass is 1070 g/mol. The summed E-state index contributed by atoms with van der Waals surface area (Å²) >= 11 is 0. The maximum absolute atomic E-state index is 12.8. The molecule has 0 saturated heterocycles. The quantitative estimate of drug-likeness (QED) is 0.0261. The van der Waals surface area contributed by atoms with E-state index in [1.165, 1.54) is 250 Å². The van der Waals surface area contributed by atoms with Gasteiger partial charge in [-0.15, -0.1) is 0 Å². The van der Waals surface area contributed by atoms with Crippen molar-refractivity contribution in [2.45, 2.75) is 380 Å². The summed E-state index contributed by atoms with van der Waals surface area (Å²) in [5, 5.41) is 0. The molecule has 0 fully saturated rings. The summed E-state index contributed by atoms with van der Waals surface area (Å²) in [5.74, 6) is -0.865. The molecule has 0 aromatic heterocycles. The number of allylic oxidation sites excluding steroid dienone is 6. The molecule has 6 heteroatoms. The van der Waals surface area contributed by atoms with Crippen LogP contribution in [-0.2, 0) is 28.6 Å². The number of rotatable bonds is 63. The van der Waals surface area contributed by atoms with Crippen LogP contribution < -0.4 is 0 Å². The standard InChI is InChI=1S/C70H130O6/c1-4-7-10-13-16-19-21-23-25-27-28-29-30-31-32-33-34-35-36-37-38-39-40-41-42-44-45-47-49-51-54-57-60-63-69(72)75-66-67(65-74-68(71)62-59-56-53-18-15-12-9-6-3)76-70(73)64-61-58-55-52-50-48-46-43-26-24-22-20-17-14-11-8-5-2/h8,11,17,20,24,26,67H,4-7,9-10,12-16,18-19,21-23,25,27-66H2,1-3H3/b11-8-,20-17-,26-24-. The van der Waals surface area contributed by atoms with Crippen LogP contribution in [-0.4, -0.2) is 37.2 Å². The molecule has 0 aromatic rings. The summed E-state index contributed by atoms with van der Waals surface area (Å²) in [6.07, 6.45) is 80.7. The van der Waals surface area contributed by atoms with Crippen molar-refractivity contribution < 1.29 is 28.6 Å². The summed E-state index contributed by atoms with van der Waals surface area (Å²) in [6.45, 7) is 6.55. The Bertz CT molecular complexity index is 1270. The third-order valence-electron chi connectivity index (χ3n) is 15.4. The fourth-order valence-corrected chi connectivity index (χ4v) is 10.3. The van der Waals surface area contributed by atoms with Gasteiger partial charge in [-0.25, -0.2) is 0 Å². The second-order valence-corrected chi connectivity index (χ2v) is 23.1. The molecule has 0 radical (unpaired) electrons. The third kappa shape index (κ3) is 62.5. The summed E-state index contributed by atoms with van der Waals surface area (Å²) in [7, 11) is 0. The van der Waals surface area contributed by atoms with Crippen LogP contribution in [0, 0.1) is 0 Å². The topological polar surface area (TPSA) is 78.9 Å². The van der Waals surface area contributed by atoms with E-state index >= 15 is 0 Å². The SMILES string of the molecule is CC/C=C\C/C=C\C/C=C\CCCCCCCCCC(=O)OC(COC(=O)CCCCCCCCCC)COC(=O)CCCCCCCCCCCCCCCCCCCCCCCCCCCCCCCCCCC. The first-order valence-electron chi connectivity index (χ1n) is 34.0. The fraction of sp³-hybridized carbons (Fsp3) is 0.871. The lowest BCUT2D eigenvalue weighted by Crippen LogP contribution is -2.30. The van der Waals surface area contributed by atoms with Crippen molar-refractivity contribution in [3.63, 3.8) is 0 Å². The van der Waals surface area contributed by atoms with Crippen molar-refractivity contribution in [2.24, 2.45) is 0 Å². The number of hydrogen-bond donors (Lipinski definition) is 0. The average Bonchev–Trinajstić information content (AvgIpc) is 3.42. The molecule has 0 spiro atoms. The highest BCUT2D eigenvalue weighted by Crippen LogP contribution is 2.19. The first-order valence-corrected chi connectivity index (χ1v) is 34.0. The molecule has 0 rings (SSSR count). The fourth-order valence-electron chi connectivity index (χ4n) is 10.3. The van der Waals surface area contributed by atoms with E-state index in [1.807, 2.05) is 0 Å². The van der Waals surface area contributed by atoms with Crippen molar-refractivity contribution in [2.75, 3.05) is 13.2 Å². The Kier molecular flexibility index (Phi) is 63.1. The molecule has 0 amide bonds. The summed E-state index contributed by atoms with van der Waals surface area (Å²) in [5.41, 5.74) is 0. The lowest BCUT2D eigenvalue weighted by Gasteiger charge is -2.18. The Morgan fingerprint density at radius 2 is 0.513 bits per heavy atom. The number of carbonyl (C=O) groups excluding carboxylic acids is 3. The molecule has 0 N–H and O–H groups in total. The van der Waals surface area contributed by atoms with Crippen molar-refractivity contribution in [3.05, 3.63) is 36.5 Å². The highest BCUT2D eigenvalue weighted by molar-refractivity contribution is 5.71. The van der Waals surface area contributed by atoms with E-state index < -0.39 is 6.10 Å². The van der Waals surface area contributed by atoms with Crippen LogP contribution in [0.3, 0.4) is 0 Å². The van der Waals surface area contributed by atoms with E-state index in [2.05, 4.69) is 57.2 Å². The average molecular weight is 1070 g/mol. The minimum atomic E-state index is -0.773. The number of ether oxygens (including phenoxy) is 3. The van der Waals surface area contributed by atoms with Gasteiger partial charge in [-0.1, -0.05) is 340 Å². The third-order valence-corrected chi connectivity index (χ3v) is 15.4. The predicted molar refractivity (Wildman–Crippen MR) is 330 cm³/mol. The Balaban J connectivity index is 3.98. The Hall–Kier alpha value is -2.37. The summed E-state index contributed by atoms with van der Waals surface area (Å²) < 4.78 is 16.9. The van der Waals surface area contributed by atoms with Crippen LogP contribution >= 0.6 is 0 Å². The number of hydrogen-bond acceptors (Lipinski definition) is 6. The molecule has 6 nitrogen and oxygen atoms in total. The van der Waals surface area contributed by atoms with Crippen molar-refractivity contribution in [1.82, 2.24) is 0 Å². The molecular weight excluding hydrogens is 937 g/mol. The van der Waals surface area contributed by atoms with E-state index in [1.54, 1.807) is 0 Å². The maximum Gasteiger partial charge on any atom is 0.306 e. The summed E-state index contributed by atoms with van der Waals surface area (Å²) in [6, 6.07) is 0. The second-order valence-electron chi connectivity index (χ2n) is 23.1. The first kappa shape index (κ1) is 73.6. The molecule has 0 saturated carbocycles. The smallest absolute Gasteiger partial charge is 0.306 e. The molecule has 446 valence electrons. The van der Waals surface area contributed by atoms with Gasteiger partial charge >= 0.3 is 17.9 Å². The number of esters is 3. The van der Waals surface area contributed by atoms with Crippen molar-refractivity contribution >= 4 is 17.9 Å². The molecule has 0 aliphatic heterocycles. The zero-order chi connectivity index (χ0) is 55.0. The lowest BCUT2D eigenvalue weighted by molar-refractivity contribution is -0.167. The maximum atomic E-state index is 12.8. The van der Waals surface area contributed by atoms with Crippen LogP contribution in [0.15, 0.2) is 36.5 Å². The molecule has 0 aliphatic rings. The van der Waals surface area contributed by atoms with Gasteiger partial charge in [-0.3, -0.25) is 14.4 Å². The highest BCUT2D eigenvalue weighted by atomic mass is 16.6. The van der Waals surface area contributed by atoms with Gasteiger partial charge in [0.05, 0.1) is 0 Å². The molecule has 76 heavy (non-hydrogen) atoms. The minimum absolute atomic E-state index is 0.0716. The van der Waals surface area contributed by atoms with Gasteiger partial charge in [-0.2, -0.15) is 0 Å². The summed E-state index contributed by atoms with van der Waals surface area (Å²) in [4.78, 5) is 38.1.